The number of esters is 2. The Bertz CT molecular complexity index is 618. The highest BCUT2D eigenvalue weighted by Crippen LogP contribution is 2.32. The van der Waals surface area contributed by atoms with Crippen molar-refractivity contribution < 1.29 is 23.9 Å². The van der Waals surface area contributed by atoms with Crippen molar-refractivity contribution in [1.82, 2.24) is 0 Å². The van der Waals surface area contributed by atoms with Gasteiger partial charge in [-0.2, -0.15) is 0 Å². The maximum atomic E-state index is 12.0. The molecule has 23 heavy (non-hydrogen) atoms. The SMILES string of the molecule is CC/C=C/C(=O)OCC(=O)Nc1sc(C)c(C)c1C(=O)OCC. The van der Waals surface area contributed by atoms with Crippen molar-refractivity contribution in [1.29, 1.82) is 0 Å². The van der Waals surface area contributed by atoms with Gasteiger partial charge >= 0.3 is 11.9 Å². The van der Waals surface area contributed by atoms with Crippen LogP contribution in [0.5, 0.6) is 0 Å². The van der Waals surface area contributed by atoms with E-state index in [1.165, 1.54) is 17.4 Å². The second-order valence-electron chi connectivity index (χ2n) is 4.67. The molecule has 0 bridgehead atoms. The number of nitrogens with one attached hydrogen (secondary N) is 1. The Kier molecular flexibility index (Phi) is 7.47. The fourth-order valence-electron chi connectivity index (χ4n) is 1.73. The van der Waals surface area contributed by atoms with E-state index >= 15 is 0 Å². The largest absolute Gasteiger partial charge is 0.462 e. The third-order valence-corrected chi connectivity index (χ3v) is 4.08. The highest BCUT2D eigenvalue weighted by Gasteiger charge is 2.22. The molecule has 0 saturated heterocycles. The number of anilines is 1. The monoisotopic (exact) mass is 339 g/mol. The summed E-state index contributed by atoms with van der Waals surface area (Å²) in [6.45, 7) is 7.09. The summed E-state index contributed by atoms with van der Waals surface area (Å²) in [4.78, 5) is 36.1. The second-order valence-corrected chi connectivity index (χ2v) is 5.90. The molecule has 126 valence electrons. The molecule has 0 saturated carbocycles. The summed E-state index contributed by atoms with van der Waals surface area (Å²) in [5.74, 6) is -1.56. The first-order valence-corrected chi connectivity index (χ1v) is 8.12. The van der Waals surface area contributed by atoms with Crippen LogP contribution in [0.15, 0.2) is 12.2 Å². The first-order chi connectivity index (χ1) is 10.9. The maximum Gasteiger partial charge on any atom is 0.341 e. The van der Waals surface area contributed by atoms with Crippen LogP contribution in [-0.4, -0.2) is 31.1 Å². The van der Waals surface area contributed by atoms with Crippen molar-refractivity contribution >= 4 is 34.2 Å². The van der Waals surface area contributed by atoms with E-state index in [1.54, 1.807) is 19.9 Å². The van der Waals surface area contributed by atoms with Gasteiger partial charge in [0.1, 0.15) is 5.00 Å². The lowest BCUT2D eigenvalue weighted by Gasteiger charge is -2.07. The average Bonchev–Trinajstić information content (AvgIpc) is 2.77. The smallest absolute Gasteiger partial charge is 0.341 e. The molecule has 0 aliphatic heterocycles. The van der Waals surface area contributed by atoms with E-state index in [0.717, 1.165) is 10.4 Å². The number of allylic oxidation sites excluding steroid dienone is 1. The van der Waals surface area contributed by atoms with E-state index < -0.39 is 24.5 Å². The zero-order chi connectivity index (χ0) is 17.4. The summed E-state index contributed by atoms with van der Waals surface area (Å²) in [5, 5.41) is 3.01. The van der Waals surface area contributed by atoms with Gasteiger partial charge in [0.25, 0.3) is 5.91 Å². The maximum absolute atomic E-state index is 12.0. The minimum atomic E-state index is -0.578. The van der Waals surface area contributed by atoms with Gasteiger partial charge < -0.3 is 14.8 Å². The Morgan fingerprint density at radius 2 is 1.87 bits per heavy atom. The third kappa shape index (κ3) is 5.52. The quantitative estimate of drug-likeness (QED) is 0.610. The van der Waals surface area contributed by atoms with Gasteiger partial charge in [0, 0.05) is 11.0 Å². The normalized spacial score (nSPS) is 10.6. The van der Waals surface area contributed by atoms with Gasteiger partial charge in [-0.05, 0) is 32.8 Å². The number of amides is 1. The molecule has 0 unspecified atom stereocenters. The van der Waals surface area contributed by atoms with Gasteiger partial charge in [-0.1, -0.05) is 13.0 Å². The predicted molar refractivity (Wildman–Crippen MR) is 88.8 cm³/mol. The summed E-state index contributed by atoms with van der Waals surface area (Å²) in [6, 6.07) is 0. The van der Waals surface area contributed by atoms with Gasteiger partial charge in [0.15, 0.2) is 6.61 Å². The molecule has 1 amide bonds. The first kappa shape index (κ1) is 18.9. The summed E-state index contributed by atoms with van der Waals surface area (Å²) in [7, 11) is 0. The fraction of sp³-hybridized carbons (Fsp3) is 0.438. The minimum Gasteiger partial charge on any atom is -0.462 e. The van der Waals surface area contributed by atoms with E-state index in [-0.39, 0.29) is 6.61 Å². The molecule has 1 rings (SSSR count). The van der Waals surface area contributed by atoms with Crippen molar-refractivity contribution in [3.8, 4) is 0 Å². The third-order valence-electron chi connectivity index (χ3n) is 2.95. The molecular formula is C16H21NO5S. The predicted octanol–water partition coefficient (Wildman–Crippen LogP) is 2.99. The molecule has 0 spiro atoms. The van der Waals surface area contributed by atoms with Crippen molar-refractivity contribution in [2.24, 2.45) is 0 Å². The van der Waals surface area contributed by atoms with Crippen LogP contribution in [0.25, 0.3) is 0 Å². The molecule has 0 aliphatic rings. The summed E-state index contributed by atoms with van der Waals surface area (Å²) < 4.78 is 9.82. The molecule has 0 fully saturated rings. The number of ether oxygens (including phenoxy) is 2. The standard InChI is InChI=1S/C16H21NO5S/c1-5-7-8-13(19)22-9-12(18)17-15-14(16(20)21-6-2)10(3)11(4)23-15/h7-8H,5-6,9H2,1-4H3,(H,17,18)/b8-7+. The minimum absolute atomic E-state index is 0.252. The van der Waals surface area contributed by atoms with Crippen LogP contribution in [0.3, 0.4) is 0 Å². The Morgan fingerprint density at radius 3 is 2.48 bits per heavy atom. The van der Waals surface area contributed by atoms with Crippen molar-refractivity contribution in [2.45, 2.75) is 34.1 Å². The van der Waals surface area contributed by atoms with Crippen LogP contribution >= 0.6 is 11.3 Å². The van der Waals surface area contributed by atoms with E-state index in [2.05, 4.69) is 5.32 Å². The van der Waals surface area contributed by atoms with Crippen LogP contribution in [-0.2, 0) is 19.1 Å². The summed E-state index contributed by atoms with van der Waals surface area (Å²) in [5.41, 5.74) is 1.12. The van der Waals surface area contributed by atoms with E-state index in [0.29, 0.717) is 17.0 Å². The molecule has 1 aromatic rings. The van der Waals surface area contributed by atoms with Crippen LogP contribution in [0, 0.1) is 13.8 Å². The second kappa shape index (κ2) is 9.09. The van der Waals surface area contributed by atoms with E-state index in [4.69, 9.17) is 9.47 Å². The van der Waals surface area contributed by atoms with E-state index in [9.17, 15) is 14.4 Å². The number of hydrogen-bond acceptors (Lipinski definition) is 6. The number of hydrogen-bond donors (Lipinski definition) is 1. The highest BCUT2D eigenvalue weighted by molar-refractivity contribution is 7.16. The lowest BCUT2D eigenvalue weighted by molar-refractivity contribution is -0.142. The van der Waals surface area contributed by atoms with Gasteiger partial charge in [0.2, 0.25) is 0 Å². The van der Waals surface area contributed by atoms with Crippen molar-refractivity contribution in [3.05, 3.63) is 28.2 Å². The lowest BCUT2D eigenvalue weighted by Crippen LogP contribution is -2.21. The molecular weight excluding hydrogens is 318 g/mol. The van der Waals surface area contributed by atoms with Gasteiger partial charge in [-0.25, -0.2) is 9.59 Å². The molecule has 6 nitrogen and oxygen atoms in total. The topological polar surface area (TPSA) is 81.7 Å². The molecule has 0 aliphatic carbocycles. The van der Waals surface area contributed by atoms with Crippen LogP contribution in [0.1, 0.15) is 41.1 Å². The molecule has 7 heteroatoms. The molecule has 0 radical (unpaired) electrons. The average molecular weight is 339 g/mol. The van der Waals surface area contributed by atoms with E-state index in [1.807, 2.05) is 13.8 Å². The number of thiophene rings is 1. The molecule has 0 aromatic carbocycles. The zero-order valence-corrected chi connectivity index (χ0v) is 14.5. The molecule has 1 aromatic heterocycles. The van der Waals surface area contributed by atoms with Crippen molar-refractivity contribution in [3.63, 3.8) is 0 Å². The first-order valence-electron chi connectivity index (χ1n) is 7.30. The molecule has 1 heterocycles. The van der Waals surface area contributed by atoms with Crippen LogP contribution < -0.4 is 5.32 Å². The van der Waals surface area contributed by atoms with Crippen molar-refractivity contribution in [2.75, 3.05) is 18.5 Å². The van der Waals surface area contributed by atoms with Crippen LogP contribution in [0.4, 0.5) is 5.00 Å². The Morgan fingerprint density at radius 1 is 1.17 bits per heavy atom. The Labute approximate surface area is 139 Å². The summed E-state index contributed by atoms with van der Waals surface area (Å²) >= 11 is 1.28. The fourth-order valence-corrected chi connectivity index (χ4v) is 2.79. The van der Waals surface area contributed by atoms with Gasteiger partial charge in [-0.15, -0.1) is 11.3 Å². The Hall–Kier alpha value is -2.15. The zero-order valence-electron chi connectivity index (χ0n) is 13.7. The molecule has 0 atom stereocenters. The number of aryl methyl sites for hydroxylation is 1. The van der Waals surface area contributed by atoms with Gasteiger partial charge in [-0.3, -0.25) is 4.79 Å². The lowest BCUT2D eigenvalue weighted by atomic mass is 10.1. The van der Waals surface area contributed by atoms with Crippen LogP contribution in [0.2, 0.25) is 0 Å². The van der Waals surface area contributed by atoms with Gasteiger partial charge in [0.05, 0.1) is 12.2 Å². The number of rotatable bonds is 7. The number of carbonyl (C=O) groups is 3. The highest BCUT2D eigenvalue weighted by atomic mass is 32.1. The molecule has 1 N–H and O–H groups in total. The Balaban J connectivity index is 2.75. The summed E-state index contributed by atoms with van der Waals surface area (Å²) in [6.07, 6.45) is 3.62. The number of carbonyl (C=O) groups excluding carboxylic acids is 3.